The van der Waals surface area contributed by atoms with Gasteiger partial charge in [0.2, 0.25) is 5.91 Å². The van der Waals surface area contributed by atoms with E-state index in [9.17, 15) is 9.59 Å². The number of anilines is 2. The second kappa shape index (κ2) is 7.52. The fourth-order valence-corrected chi connectivity index (χ4v) is 2.08. The predicted octanol–water partition coefficient (Wildman–Crippen LogP) is 1.30. The molecule has 0 fully saturated rings. The van der Waals surface area contributed by atoms with Gasteiger partial charge in [-0.3, -0.25) is 9.59 Å². The van der Waals surface area contributed by atoms with Crippen LogP contribution in [0.5, 0.6) is 0 Å². The summed E-state index contributed by atoms with van der Waals surface area (Å²) >= 11 is 0. The summed E-state index contributed by atoms with van der Waals surface area (Å²) in [5, 5.41) is 5.64. The Kier molecular flexibility index (Phi) is 6.02. The molecule has 1 rings (SSSR count). The highest BCUT2D eigenvalue weighted by Crippen LogP contribution is 2.21. The molecule has 21 heavy (non-hydrogen) atoms. The van der Waals surface area contributed by atoms with Crippen LogP contribution in [-0.2, 0) is 4.79 Å². The zero-order valence-electron chi connectivity index (χ0n) is 13.1. The van der Waals surface area contributed by atoms with Crippen LogP contribution in [0.2, 0.25) is 0 Å². The Balaban J connectivity index is 2.83. The molecule has 0 saturated heterocycles. The zero-order valence-corrected chi connectivity index (χ0v) is 13.1. The molecule has 1 aromatic rings. The van der Waals surface area contributed by atoms with E-state index in [1.54, 1.807) is 37.1 Å². The zero-order chi connectivity index (χ0) is 16.0. The van der Waals surface area contributed by atoms with Gasteiger partial charge in [0, 0.05) is 25.7 Å². The van der Waals surface area contributed by atoms with Crippen molar-refractivity contribution in [1.82, 2.24) is 10.2 Å². The first-order valence-corrected chi connectivity index (χ1v) is 7.11. The number of nitrogens with two attached hydrogens (primary N) is 1. The molecule has 6 heteroatoms. The van der Waals surface area contributed by atoms with Crippen molar-refractivity contribution >= 4 is 23.2 Å². The first kappa shape index (κ1) is 16.8. The van der Waals surface area contributed by atoms with Crippen LogP contribution in [0, 0.1) is 0 Å². The van der Waals surface area contributed by atoms with Crippen LogP contribution >= 0.6 is 0 Å². The van der Waals surface area contributed by atoms with Gasteiger partial charge in [0.1, 0.15) is 6.04 Å². The molecule has 0 aliphatic rings. The number of nitrogen functional groups attached to an aromatic ring is 1. The van der Waals surface area contributed by atoms with E-state index < -0.39 is 0 Å². The van der Waals surface area contributed by atoms with E-state index in [4.69, 9.17) is 5.73 Å². The van der Waals surface area contributed by atoms with E-state index in [0.717, 1.165) is 0 Å². The number of benzene rings is 1. The Morgan fingerprint density at radius 1 is 1.29 bits per heavy atom. The maximum Gasteiger partial charge on any atom is 0.251 e. The van der Waals surface area contributed by atoms with Crippen molar-refractivity contribution < 1.29 is 9.59 Å². The highest BCUT2D eigenvalue weighted by atomic mass is 16.2. The third kappa shape index (κ3) is 4.11. The number of nitrogens with one attached hydrogen (secondary N) is 2. The van der Waals surface area contributed by atoms with Crippen LogP contribution < -0.4 is 16.4 Å². The first-order valence-electron chi connectivity index (χ1n) is 7.11. The molecule has 0 aliphatic carbocycles. The summed E-state index contributed by atoms with van der Waals surface area (Å²) < 4.78 is 0. The summed E-state index contributed by atoms with van der Waals surface area (Å²) in [4.78, 5) is 25.5. The van der Waals surface area contributed by atoms with Gasteiger partial charge in [-0.2, -0.15) is 0 Å². The number of hydrogen-bond donors (Lipinski definition) is 3. The van der Waals surface area contributed by atoms with Crippen LogP contribution in [0.15, 0.2) is 18.2 Å². The van der Waals surface area contributed by atoms with Gasteiger partial charge in [0.05, 0.1) is 11.4 Å². The third-order valence-electron chi connectivity index (χ3n) is 3.36. The van der Waals surface area contributed by atoms with Gasteiger partial charge in [-0.1, -0.05) is 0 Å². The Hall–Kier alpha value is -2.24. The average Bonchev–Trinajstić information content (AvgIpc) is 2.49. The SMILES string of the molecule is CCN(CC)C(=O)C(C)Nc1ccc(C(=O)NC)cc1N. The van der Waals surface area contributed by atoms with Gasteiger partial charge in [-0.05, 0) is 39.0 Å². The number of hydrogen-bond acceptors (Lipinski definition) is 4. The summed E-state index contributed by atoms with van der Waals surface area (Å²) in [7, 11) is 1.56. The molecule has 0 spiro atoms. The van der Waals surface area contributed by atoms with E-state index in [1.807, 2.05) is 13.8 Å². The molecule has 0 bridgehead atoms. The minimum absolute atomic E-state index is 0.0229. The lowest BCUT2D eigenvalue weighted by molar-refractivity contribution is -0.131. The first-order chi connectivity index (χ1) is 9.94. The van der Waals surface area contributed by atoms with Gasteiger partial charge >= 0.3 is 0 Å². The number of nitrogens with zero attached hydrogens (tertiary/aromatic N) is 1. The van der Waals surface area contributed by atoms with Gasteiger partial charge < -0.3 is 21.3 Å². The second-order valence-electron chi connectivity index (χ2n) is 4.76. The number of amides is 2. The number of rotatable bonds is 6. The van der Waals surface area contributed by atoms with Crippen molar-refractivity contribution in [2.45, 2.75) is 26.8 Å². The molecule has 116 valence electrons. The fraction of sp³-hybridized carbons (Fsp3) is 0.467. The molecular formula is C15H24N4O2. The summed E-state index contributed by atoms with van der Waals surface area (Å²) in [6, 6.07) is 4.60. The van der Waals surface area contributed by atoms with E-state index in [2.05, 4.69) is 10.6 Å². The second-order valence-corrected chi connectivity index (χ2v) is 4.76. The molecule has 0 saturated carbocycles. The molecule has 0 aliphatic heterocycles. The van der Waals surface area contributed by atoms with Gasteiger partial charge in [0.25, 0.3) is 5.91 Å². The molecule has 2 amide bonds. The largest absolute Gasteiger partial charge is 0.397 e. The number of likely N-dealkylation sites (N-methyl/N-ethyl adjacent to an activating group) is 1. The molecule has 6 nitrogen and oxygen atoms in total. The molecule has 1 unspecified atom stereocenters. The topological polar surface area (TPSA) is 87.5 Å². The van der Waals surface area contributed by atoms with Crippen LogP contribution in [-0.4, -0.2) is 42.9 Å². The fourth-order valence-electron chi connectivity index (χ4n) is 2.08. The van der Waals surface area contributed by atoms with Gasteiger partial charge in [0.15, 0.2) is 0 Å². The van der Waals surface area contributed by atoms with E-state index >= 15 is 0 Å². The maximum atomic E-state index is 12.2. The lowest BCUT2D eigenvalue weighted by Gasteiger charge is -2.24. The lowest BCUT2D eigenvalue weighted by atomic mass is 10.1. The summed E-state index contributed by atoms with van der Waals surface area (Å²) in [6.45, 7) is 7.03. The molecule has 0 radical (unpaired) electrons. The summed E-state index contributed by atoms with van der Waals surface area (Å²) in [6.07, 6.45) is 0. The highest BCUT2D eigenvalue weighted by Gasteiger charge is 2.18. The quantitative estimate of drug-likeness (QED) is 0.690. The maximum absolute atomic E-state index is 12.2. The molecule has 1 aromatic carbocycles. The van der Waals surface area contributed by atoms with Crippen molar-refractivity contribution in [2.75, 3.05) is 31.2 Å². The minimum atomic E-state index is -0.377. The van der Waals surface area contributed by atoms with E-state index in [-0.39, 0.29) is 17.9 Å². The Morgan fingerprint density at radius 2 is 1.90 bits per heavy atom. The summed E-state index contributed by atoms with van der Waals surface area (Å²) in [5.41, 5.74) is 7.51. The van der Waals surface area contributed by atoms with Crippen molar-refractivity contribution in [1.29, 1.82) is 0 Å². The Labute approximate surface area is 125 Å². The van der Waals surface area contributed by atoms with Crippen molar-refractivity contribution in [3.05, 3.63) is 23.8 Å². The van der Waals surface area contributed by atoms with E-state index in [1.165, 1.54) is 0 Å². The van der Waals surface area contributed by atoms with Crippen molar-refractivity contribution in [3.63, 3.8) is 0 Å². The molecule has 1 atom stereocenters. The van der Waals surface area contributed by atoms with Crippen LogP contribution in [0.4, 0.5) is 11.4 Å². The number of carbonyl (C=O) groups excluding carboxylic acids is 2. The third-order valence-corrected chi connectivity index (χ3v) is 3.36. The standard InChI is InChI=1S/C15H24N4O2/c1-5-19(6-2)15(21)10(3)18-13-8-7-11(9-12(13)16)14(20)17-4/h7-10,18H,5-6,16H2,1-4H3,(H,17,20). The Bertz CT molecular complexity index is 512. The smallest absolute Gasteiger partial charge is 0.251 e. The van der Waals surface area contributed by atoms with Gasteiger partial charge in [-0.15, -0.1) is 0 Å². The number of carbonyl (C=O) groups is 2. The van der Waals surface area contributed by atoms with Crippen molar-refractivity contribution in [2.24, 2.45) is 0 Å². The van der Waals surface area contributed by atoms with Crippen molar-refractivity contribution in [3.8, 4) is 0 Å². The normalized spacial score (nSPS) is 11.6. The van der Waals surface area contributed by atoms with E-state index in [0.29, 0.717) is 30.0 Å². The average molecular weight is 292 g/mol. The van der Waals surface area contributed by atoms with Gasteiger partial charge in [-0.25, -0.2) is 0 Å². The Morgan fingerprint density at radius 3 is 2.38 bits per heavy atom. The predicted molar refractivity (Wildman–Crippen MR) is 85.3 cm³/mol. The molecule has 0 heterocycles. The molecule has 4 N–H and O–H groups in total. The molecular weight excluding hydrogens is 268 g/mol. The van der Waals surface area contributed by atoms with Crippen LogP contribution in [0.25, 0.3) is 0 Å². The summed E-state index contributed by atoms with van der Waals surface area (Å²) in [5.74, 6) is -0.171. The lowest BCUT2D eigenvalue weighted by Crippen LogP contribution is -2.41. The van der Waals surface area contributed by atoms with Crippen LogP contribution in [0.3, 0.4) is 0 Å². The molecule has 0 aromatic heterocycles. The highest BCUT2D eigenvalue weighted by molar-refractivity contribution is 5.96. The minimum Gasteiger partial charge on any atom is -0.397 e. The monoisotopic (exact) mass is 292 g/mol. The van der Waals surface area contributed by atoms with Crippen LogP contribution in [0.1, 0.15) is 31.1 Å².